The van der Waals surface area contributed by atoms with E-state index in [2.05, 4.69) is 9.71 Å². The predicted molar refractivity (Wildman–Crippen MR) is 69.7 cm³/mol. The van der Waals surface area contributed by atoms with E-state index >= 15 is 0 Å². The predicted octanol–water partition coefficient (Wildman–Crippen LogP) is 0.527. The van der Waals surface area contributed by atoms with Crippen LogP contribution < -0.4 is 4.72 Å². The van der Waals surface area contributed by atoms with Crippen LogP contribution in [0.5, 0.6) is 0 Å². The van der Waals surface area contributed by atoms with Crippen LogP contribution in [-0.2, 0) is 10.0 Å². The summed E-state index contributed by atoms with van der Waals surface area (Å²) < 4.78 is 25.6. The van der Waals surface area contributed by atoms with Gasteiger partial charge in [0.25, 0.3) is 10.0 Å². The fraction of sp³-hybridized carbons (Fsp3) is 0.600. The molecule has 1 rings (SSSR count). The maximum absolute atomic E-state index is 11.9. The fourth-order valence-corrected chi connectivity index (χ4v) is 3.72. The molecule has 19 heavy (non-hydrogen) atoms. The van der Waals surface area contributed by atoms with Crippen molar-refractivity contribution in [2.75, 3.05) is 6.54 Å². The summed E-state index contributed by atoms with van der Waals surface area (Å²) in [7, 11) is -3.96. The van der Waals surface area contributed by atoms with E-state index in [4.69, 9.17) is 5.11 Å². The molecule has 108 valence electrons. The minimum Gasteiger partial charge on any atom is -0.476 e. The summed E-state index contributed by atoms with van der Waals surface area (Å²) in [6, 6.07) is 0. The van der Waals surface area contributed by atoms with Gasteiger partial charge in [0.2, 0.25) is 0 Å². The van der Waals surface area contributed by atoms with E-state index in [1.54, 1.807) is 0 Å². The van der Waals surface area contributed by atoms with Gasteiger partial charge in [-0.25, -0.2) is 22.9 Å². The molecule has 7 nitrogen and oxygen atoms in total. The summed E-state index contributed by atoms with van der Waals surface area (Å²) in [5, 5.41) is 18.4. The maximum Gasteiger partial charge on any atom is 0.356 e. The SMILES string of the molecule is CC(C)CC(O)CNS(=O)(=O)c1scnc1C(=O)O. The van der Waals surface area contributed by atoms with Gasteiger partial charge in [-0.05, 0) is 12.3 Å². The van der Waals surface area contributed by atoms with Crippen molar-refractivity contribution in [2.24, 2.45) is 5.92 Å². The van der Waals surface area contributed by atoms with Crippen molar-refractivity contribution in [1.29, 1.82) is 0 Å². The Hall–Kier alpha value is -1.03. The number of hydrogen-bond donors (Lipinski definition) is 3. The normalized spacial score (nSPS) is 13.7. The van der Waals surface area contributed by atoms with Gasteiger partial charge in [-0.3, -0.25) is 0 Å². The standard InChI is InChI=1S/C10H16N2O5S2/c1-6(2)3-7(13)4-12-19(16,17)10-8(9(14)15)11-5-18-10/h5-7,12-13H,3-4H2,1-2H3,(H,14,15). The zero-order chi connectivity index (χ0) is 14.6. The van der Waals surface area contributed by atoms with Gasteiger partial charge in [0.05, 0.1) is 11.6 Å². The Morgan fingerprint density at radius 3 is 2.68 bits per heavy atom. The lowest BCUT2D eigenvalue weighted by Gasteiger charge is -2.13. The van der Waals surface area contributed by atoms with Crippen LogP contribution in [0, 0.1) is 5.92 Å². The lowest BCUT2D eigenvalue weighted by molar-refractivity contribution is 0.0687. The van der Waals surface area contributed by atoms with Gasteiger partial charge in [-0.2, -0.15) is 0 Å². The molecular formula is C10H16N2O5S2. The lowest BCUT2D eigenvalue weighted by atomic mass is 10.1. The quantitative estimate of drug-likeness (QED) is 0.676. The molecule has 1 aromatic rings. The smallest absolute Gasteiger partial charge is 0.356 e. The third kappa shape index (κ3) is 4.53. The molecule has 0 aliphatic carbocycles. The van der Waals surface area contributed by atoms with Gasteiger partial charge >= 0.3 is 5.97 Å². The Morgan fingerprint density at radius 1 is 1.53 bits per heavy atom. The van der Waals surface area contributed by atoms with Crippen molar-refractivity contribution in [3.8, 4) is 0 Å². The van der Waals surface area contributed by atoms with Crippen LogP contribution in [0.2, 0.25) is 0 Å². The number of aromatic nitrogens is 1. The third-order valence-corrected chi connectivity index (χ3v) is 5.03. The second-order valence-corrected chi connectivity index (χ2v) is 7.25. The zero-order valence-electron chi connectivity index (χ0n) is 10.5. The summed E-state index contributed by atoms with van der Waals surface area (Å²) in [6.45, 7) is 3.66. The van der Waals surface area contributed by atoms with Gasteiger partial charge in [-0.15, -0.1) is 11.3 Å². The van der Waals surface area contributed by atoms with Crippen LogP contribution in [0.1, 0.15) is 30.8 Å². The van der Waals surface area contributed by atoms with E-state index < -0.39 is 27.8 Å². The molecule has 0 aliphatic heterocycles. The number of nitrogens with one attached hydrogen (secondary N) is 1. The van der Waals surface area contributed by atoms with Crippen molar-refractivity contribution in [3.63, 3.8) is 0 Å². The van der Waals surface area contributed by atoms with Crippen LogP contribution in [0.15, 0.2) is 9.72 Å². The summed E-state index contributed by atoms with van der Waals surface area (Å²) >= 11 is 0.726. The average molecular weight is 308 g/mol. The van der Waals surface area contributed by atoms with Crippen molar-refractivity contribution >= 4 is 27.3 Å². The molecule has 0 aliphatic rings. The minimum absolute atomic E-state index is 0.155. The van der Waals surface area contributed by atoms with E-state index in [-0.39, 0.29) is 16.7 Å². The molecule has 0 aromatic carbocycles. The van der Waals surface area contributed by atoms with Gasteiger partial charge in [-0.1, -0.05) is 13.8 Å². The molecule has 0 spiro atoms. The summed E-state index contributed by atoms with van der Waals surface area (Å²) in [4.78, 5) is 14.3. The van der Waals surface area contributed by atoms with Gasteiger partial charge in [0, 0.05) is 6.54 Å². The first kappa shape index (κ1) is 16.0. The summed E-state index contributed by atoms with van der Waals surface area (Å²) in [5.41, 5.74) is 0.651. The number of sulfonamides is 1. The highest BCUT2D eigenvalue weighted by atomic mass is 32.2. The zero-order valence-corrected chi connectivity index (χ0v) is 12.2. The molecule has 1 aromatic heterocycles. The number of nitrogens with zero attached hydrogens (tertiary/aromatic N) is 1. The molecule has 1 heterocycles. The second-order valence-electron chi connectivity index (χ2n) is 4.43. The first-order chi connectivity index (χ1) is 8.74. The molecule has 0 saturated heterocycles. The highest BCUT2D eigenvalue weighted by Crippen LogP contribution is 2.19. The van der Waals surface area contributed by atoms with Crippen LogP contribution in [0.4, 0.5) is 0 Å². The van der Waals surface area contributed by atoms with Crippen molar-refractivity contribution in [1.82, 2.24) is 9.71 Å². The maximum atomic E-state index is 11.9. The van der Waals surface area contributed by atoms with Crippen molar-refractivity contribution in [2.45, 2.75) is 30.6 Å². The van der Waals surface area contributed by atoms with E-state index in [9.17, 15) is 18.3 Å². The first-order valence-corrected chi connectivity index (χ1v) is 7.94. The Balaban J connectivity index is 2.76. The van der Waals surface area contributed by atoms with Crippen LogP contribution in [-0.4, -0.2) is 42.2 Å². The molecule has 0 fully saturated rings. The molecule has 0 saturated carbocycles. The van der Waals surface area contributed by atoms with E-state index in [1.165, 1.54) is 0 Å². The van der Waals surface area contributed by atoms with Crippen LogP contribution in [0.3, 0.4) is 0 Å². The number of carboxylic acids is 1. The van der Waals surface area contributed by atoms with Crippen molar-refractivity contribution < 1.29 is 23.4 Å². The summed E-state index contributed by atoms with van der Waals surface area (Å²) in [6.07, 6.45) is -0.354. The first-order valence-electron chi connectivity index (χ1n) is 5.58. The highest BCUT2D eigenvalue weighted by molar-refractivity contribution is 7.91. The van der Waals surface area contributed by atoms with Gasteiger partial charge < -0.3 is 10.2 Å². The van der Waals surface area contributed by atoms with Gasteiger partial charge in [0.15, 0.2) is 9.90 Å². The third-order valence-electron chi connectivity index (χ3n) is 2.23. The van der Waals surface area contributed by atoms with E-state index in [0.29, 0.717) is 6.42 Å². The molecular weight excluding hydrogens is 292 g/mol. The topological polar surface area (TPSA) is 117 Å². The van der Waals surface area contributed by atoms with Crippen LogP contribution >= 0.6 is 11.3 Å². The molecule has 3 N–H and O–H groups in total. The number of carbonyl (C=O) groups is 1. The number of rotatable bonds is 7. The largest absolute Gasteiger partial charge is 0.476 e. The minimum atomic E-state index is -3.96. The molecule has 0 amide bonds. The molecule has 0 bridgehead atoms. The number of thiazole rings is 1. The molecule has 1 unspecified atom stereocenters. The Kier molecular flexibility index (Phi) is 5.41. The second kappa shape index (κ2) is 6.42. The lowest BCUT2D eigenvalue weighted by Crippen LogP contribution is -2.33. The fourth-order valence-electron chi connectivity index (χ4n) is 1.47. The Morgan fingerprint density at radius 2 is 2.16 bits per heavy atom. The Bertz CT molecular complexity index is 538. The molecule has 1 atom stereocenters. The number of hydrogen-bond acceptors (Lipinski definition) is 6. The Labute approximate surface area is 115 Å². The monoisotopic (exact) mass is 308 g/mol. The van der Waals surface area contributed by atoms with E-state index in [1.807, 2.05) is 13.8 Å². The number of carboxylic acid groups (broad SMARTS) is 1. The number of aliphatic hydroxyl groups is 1. The number of aromatic carboxylic acids is 1. The van der Waals surface area contributed by atoms with Crippen LogP contribution in [0.25, 0.3) is 0 Å². The van der Waals surface area contributed by atoms with E-state index in [0.717, 1.165) is 16.8 Å². The molecule has 9 heteroatoms. The molecule has 0 radical (unpaired) electrons. The average Bonchev–Trinajstić information content (AvgIpc) is 2.75. The van der Waals surface area contributed by atoms with Crippen molar-refractivity contribution in [3.05, 3.63) is 11.2 Å². The van der Waals surface area contributed by atoms with Gasteiger partial charge in [0.1, 0.15) is 0 Å². The number of aliphatic hydroxyl groups excluding tert-OH is 1. The highest BCUT2D eigenvalue weighted by Gasteiger charge is 2.26. The summed E-state index contributed by atoms with van der Waals surface area (Å²) in [5.74, 6) is -1.16.